The summed E-state index contributed by atoms with van der Waals surface area (Å²) in [6, 6.07) is 4.86. The first-order chi connectivity index (χ1) is 6.65. The van der Waals surface area contributed by atoms with Gasteiger partial charge in [-0.05, 0) is 24.6 Å². The van der Waals surface area contributed by atoms with Crippen LogP contribution in [0, 0.1) is 0 Å². The lowest BCUT2D eigenvalue weighted by atomic mass is 10.1. The fraction of sp³-hybridized carbons (Fsp3) is 0.300. The van der Waals surface area contributed by atoms with Crippen LogP contribution >= 0.6 is 0 Å². The number of nitrogens with two attached hydrogens (primary N) is 2. The number of carbonyl (C=O) groups excluding carboxylic acids is 1. The highest BCUT2D eigenvalue weighted by Gasteiger charge is 2.09. The minimum atomic E-state index is -0.525. The summed E-state index contributed by atoms with van der Waals surface area (Å²) < 4.78 is 5.35. The number of primary amides is 1. The van der Waals surface area contributed by atoms with E-state index in [1.54, 1.807) is 12.1 Å². The van der Waals surface area contributed by atoms with Gasteiger partial charge in [-0.25, -0.2) is 0 Å². The molecule has 4 N–H and O–H groups in total. The zero-order valence-corrected chi connectivity index (χ0v) is 8.12. The highest BCUT2D eigenvalue weighted by Crippen LogP contribution is 2.20. The molecule has 0 heterocycles. The molecule has 76 valence electrons. The summed E-state index contributed by atoms with van der Waals surface area (Å²) in [5.74, 6) is -0.0306. The number of hydrogen-bond acceptors (Lipinski definition) is 3. The molecule has 0 saturated carbocycles. The van der Waals surface area contributed by atoms with Gasteiger partial charge in [-0.3, -0.25) is 4.79 Å². The third-order valence-corrected chi connectivity index (χ3v) is 1.73. The van der Waals surface area contributed by atoms with E-state index in [1.807, 2.05) is 6.92 Å². The number of hydrogen-bond donors (Lipinski definition) is 2. The predicted octanol–water partition coefficient (Wildman–Crippen LogP) is 1.16. The van der Waals surface area contributed by atoms with Crippen LogP contribution < -0.4 is 16.2 Å². The second-order valence-corrected chi connectivity index (χ2v) is 2.97. The SMILES string of the molecule is CCCOc1ccc(N)cc1C(N)=O. The number of carbonyl (C=O) groups is 1. The number of ether oxygens (including phenoxy) is 1. The molecule has 0 saturated heterocycles. The molecular weight excluding hydrogens is 180 g/mol. The molecular formula is C10H14N2O2. The molecule has 0 atom stereocenters. The molecule has 14 heavy (non-hydrogen) atoms. The van der Waals surface area contributed by atoms with Crippen molar-refractivity contribution in [2.75, 3.05) is 12.3 Å². The van der Waals surface area contributed by atoms with Crippen molar-refractivity contribution in [3.63, 3.8) is 0 Å². The molecule has 0 bridgehead atoms. The summed E-state index contributed by atoms with van der Waals surface area (Å²) in [7, 11) is 0. The number of rotatable bonds is 4. The van der Waals surface area contributed by atoms with Crippen LogP contribution in [0.15, 0.2) is 18.2 Å². The standard InChI is InChI=1S/C10H14N2O2/c1-2-5-14-9-4-3-7(11)6-8(9)10(12)13/h3-4,6H,2,5,11H2,1H3,(H2,12,13). The lowest BCUT2D eigenvalue weighted by molar-refractivity contribution is 0.0996. The highest BCUT2D eigenvalue weighted by molar-refractivity contribution is 5.96. The van der Waals surface area contributed by atoms with E-state index in [0.29, 0.717) is 23.6 Å². The van der Waals surface area contributed by atoms with E-state index < -0.39 is 5.91 Å². The Balaban J connectivity index is 2.96. The zero-order chi connectivity index (χ0) is 10.6. The number of benzene rings is 1. The third-order valence-electron chi connectivity index (χ3n) is 1.73. The van der Waals surface area contributed by atoms with Crippen molar-refractivity contribution in [2.24, 2.45) is 5.73 Å². The van der Waals surface area contributed by atoms with Gasteiger partial charge >= 0.3 is 0 Å². The molecule has 1 aromatic carbocycles. The first kappa shape index (κ1) is 10.4. The lowest BCUT2D eigenvalue weighted by Gasteiger charge is -2.08. The van der Waals surface area contributed by atoms with Gasteiger partial charge in [-0.2, -0.15) is 0 Å². The van der Waals surface area contributed by atoms with Gasteiger partial charge in [0.05, 0.1) is 12.2 Å². The third kappa shape index (κ3) is 2.39. The first-order valence-corrected chi connectivity index (χ1v) is 4.47. The Bertz CT molecular complexity index is 337. The first-order valence-electron chi connectivity index (χ1n) is 4.47. The second-order valence-electron chi connectivity index (χ2n) is 2.97. The molecule has 4 nitrogen and oxygen atoms in total. The largest absolute Gasteiger partial charge is 0.493 e. The minimum absolute atomic E-state index is 0.332. The second kappa shape index (κ2) is 4.50. The molecule has 0 radical (unpaired) electrons. The summed E-state index contributed by atoms with van der Waals surface area (Å²) in [6.07, 6.45) is 0.878. The Labute approximate surface area is 82.8 Å². The molecule has 1 amide bonds. The van der Waals surface area contributed by atoms with E-state index in [-0.39, 0.29) is 0 Å². The van der Waals surface area contributed by atoms with E-state index in [0.717, 1.165) is 6.42 Å². The Morgan fingerprint density at radius 2 is 2.21 bits per heavy atom. The minimum Gasteiger partial charge on any atom is -0.493 e. The van der Waals surface area contributed by atoms with Gasteiger partial charge in [-0.15, -0.1) is 0 Å². The summed E-state index contributed by atoms with van der Waals surface area (Å²) in [4.78, 5) is 11.0. The molecule has 0 spiro atoms. The van der Waals surface area contributed by atoms with Crippen LogP contribution in [0.1, 0.15) is 23.7 Å². The molecule has 0 aliphatic rings. The molecule has 0 unspecified atom stereocenters. The van der Waals surface area contributed by atoms with E-state index in [2.05, 4.69) is 0 Å². The van der Waals surface area contributed by atoms with Gasteiger partial charge in [0.25, 0.3) is 5.91 Å². The van der Waals surface area contributed by atoms with E-state index in [1.165, 1.54) is 6.07 Å². The smallest absolute Gasteiger partial charge is 0.252 e. The summed E-state index contributed by atoms with van der Waals surface area (Å²) in [5.41, 5.74) is 11.5. The Kier molecular flexibility index (Phi) is 3.34. The number of amides is 1. The summed E-state index contributed by atoms with van der Waals surface area (Å²) in [6.45, 7) is 2.55. The van der Waals surface area contributed by atoms with Crippen LogP contribution in [0.2, 0.25) is 0 Å². The zero-order valence-electron chi connectivity index (χ0n) is 8.12. The fourth-order valence-electron chi connectivity index (χ4n) is 1.08. The van der Waals surface area contributed by atoms with E-state index in [4.69, 9.17) is 16.2 Å². The van der Waals surface area contributed by atoms with Crippen LogP contribution in [0.4, 0.5) is 5.69 Å². The predicted molar refractivity (Wildman–Crippen MR) is 55.2 cm³/mol. The van der Waals surface area contributed by atoms with Crippen molar-refractivity contribution in [2.45, 2.75) is 13.3 Å². The molecule has 0 fully saturated rings. The van der Waals surface area contributed by atoms with Crippen LogP contribution in [-0.4, -0.2) is 12.5 Å². The van der Waals surface area contributed by atoms with Gasteiger partial charge in [0.1, 0.15) is 5.75 Å². The maximum atomic E-state index is 11.0. The van der Waals surface area contributed by atoms with Crippen molar-refractivity contribution in [3.8, 4) is 5.75 Å². The quantitative estimate of drug-likeness (QED) is 0.706. The number of nitrogen functional groups attached to an aromatic ring is 1. The van der Waals surface area contributed by atoms with Crippen molar-refractivity contribution in [3.05, 3.63) is 23.8 Å². The fourth-order valence-corrected chi connectivity index (χ4v) is 1.08. The van der Waals surface area contributed by atoms with Gasteiger partial charge in [0.15, 0.2) is 0 Å². The van der Waals surface area contributed by atoms with Crippen molar-refractivity contribution < 1.29 is 9.53 Å². The summed E-state index contributed by atoms with van der Waals surface area (Å²) >= 11 is 0. The van der Waals surface area contributed by atoms with E-state index >= 15 is 0 Å². The molecule has 0 aromatic heterocycles. The van der Waals surface area contributed by atoms with Crippen LogP contribution in [-0.2, 0) is 0 Å². The van der Waals surface area contributed by atoms with E-state index in [9.17, 15) is 4.79 Å². The Morgan fingerprint density at radius 3 is 2.79 bits per heavy atom. The molecule has 1 aromatic rings. The van der Waals surface area contributed by atoms with Gasteiger partial charge < -0.3 is 16.2 Å². The Hall–Kier alpha value is -1.71. The topological polar surface area (TPSA) is 78.3 Å². The average Bonchev–Trinajstić information content (AvgIpc) is 2.15. The lowest BCUT2D eigenvalue weighted by Crippen LogP contribution is -2.13. The van der Waals surface area contributed by atoms with Crippen molar-refractivity contribution in [1.82, 2.24) is 0 Å². The molecule has 0 aliphatic carbocycles. The Morgan fingerprint density at radius 1 is 1.50 bits per heavy atom. The molecule has 0 aliphatic heterocycles. The van der Waals surface area contributed by atoms with Crippen molar-refractivity contribution >= 4 is 11.6 Å². The average molecular weight is 194 g/mol. The molecule has 4 heteroatoms. The van der Waals surface area contributed by atoms with Crippen LogP contribution in [0.3, 0.4) is 0 Å². The van der Waals surface area contributed by atoms with Crippen LogP contribution in [0.5, 0.6) is 5.75 Å². The van der Waals surface area contributed by atoms with Gasteiger partial charge in [0.2, 0.25) is 0 Å². The summed E-state index contributed by atoms with van der Waals surface area (Å²) in [5, 5.41) is 0. The monoisotopic (exact) mass is 194 g/mol. The van der Waals surface area contributed by atoms with Crippen molar-refractivity contribution in [1.29, 1.82) is 0 Å². The highest BCUT2D eigenvalue weighted by atomic mass is 16.5. The van der Waals surface area contributed by atoms with Gasteiger partial charge in [-0.1, -0.05) is 6.92 Å². The maximum Gasteiger partial charge on any atom is 0.252 e. The van der Waals surface area contributed by atoms with Gasteiger partial charge in [0, 0.05) is 5.69 Å². The number of anilines is 1. The molecule has 1 rings (SSSR count). The normalized spacial score (nSPS) is 9.79. The van der Waals surface area contributed by atoms with Crippen LogP contribution in [0.25, 0.3) is 0 Å². The maximum absolute atomic E-state index is 11.0.